The van der Waals surface area contributed by atoms with Gasteiger partial charge in [0.05, 0.1) is 4.90 Å². The maximum Gasteiger partial charge on any atom is 0.175 e. The van der Waals surface area contributed by atoms with Gasteiger partial charge in [-0.3, -0.25) is 0 Å². The Morgan fingerprint density at radius 1 is 1.05 bits per heavy atom. The van der Waals surface area contributed by atoms with E-state index in [4.69, 9.17) is 0 Å². The summed E-state index contributed by atoms with van der Waals surface area (Å²) >= 11 is 0. The summed E-state index contributed by atoms with van der Waals surface area (Å²) in [6.45, 7) is 4.69. The zero-order valence-corrected chi connectivity index (χ0v) is 12.8. The van der Waals surface area contributed by atoms with Crippen molar-refractivity contribution in [2.45, 2.75) is 25.3 Å². The Morgan fingerprint density at radius 3 is 2.45 bits per heavy atom. The van der Waals surface area contributed by atoms with E-state index in [1.165, 1.54) is 17.4 Å². The SMILES string of the molecule is Cc1cccc(CNc2cc(S(C)(=O)=O)ccc2C)c1. The second kappa shape index (κ2) is 5.67. The number of hydrogen-bond acceptors (Lipinski definition) is 3. The van der Waals surface area contributed by atoms with E-state index in [-0.39, 0.29) is 0 Å². The van der Waals surface area contributed by atoms with Crippen LogP contribution in [-0.2, 0) is 16.4 Å². The Morgan fingerprint density at radius 2 is 1.80 bits per heavy atom. The number of nitrogens with one attached hydrogen (secondary N) is 1. The standard InChI is InChI=1S/C16H19NO2S/c1-12-5-4-6-14(9-12)11-17-16-10-15(20(3,18)19)8-7-13(16)2/h4-10,17H,11H2,1-3H3. The van der Waals surface area contributed by atoms with Gasteiger partial charge in [-0.1, -0.05) is 35.9 Å². The van der Waals surface area contributed by atoms with Crippen LogP contribution in [0.25, 0.3) is 0 Å². The lowest BCUT2D eigenvalue weighted by Gasteiger charge is -2.11. The van der Waals surface area contributed by atoms with Crippen molar-refractivity contribution >= 4 is 15.5 Å². The molecular weight excluding hydrogens is 270 g/mol. The zero-order chi connectivity index (χ0) is 14.8. The van der Waals surface area contributed by atoms with Crippen molar-refractivity contribution in [3.05, 3.63) is 59.2 Å². The first-order chi connectivity index (χ1) is 9.36. The molecule has 0 bridgehead atoms. The van der Waals surface area contributed by atoms with Crippen molar-refractivity contribution in [3.8, 4) is 0 Å². The molecule has 2 rings (SSSR count). The highest BCUT2D eigenvalue weighted by atomic mass is 32.2. The summed E-state index contributed by atoms with van der Waals surface area (Å²) in [6.07, 6.45) is 1.22. The van der Waals surface area contributed by atoms with Crippen molar-refractivity contribution in [3.63, 3.8) is 0 Å². The van der Waals surface area contributed by atoms with Gasteiger partial charge in [0.1, 0.15) is 0 Å². The predicted octanol–water partition coefficient (Wildman–Crippen LogP) is 3.32. The van der Waals surface area contributed by atoms with E-state index in [0.717, 1.165) is 11.3 Å². The van der Waals surface area contributed by atoms with E-state index < -0.39 is 9.84 Å². The lowest BCUT2D eigenvalue weighted by Crippen LogP contribution is -2.04. The minimum atomic E-state index is -3.17. The average molecular weight is 289 g/mol. The molecule has 3 nitrogen and oxygen atoms in total. The van der Waals surface area contributed by atoms with Crippen LogP contribution in [0.1, 0.15) is 16.7 Å². The summed E-state index contributed by atoms with van der Waals surface area (Å²) in [6, 6.07) is 13.4. The zero-order valence-electron chi connectivity index (χ0n) is 12.0. The molecule has 0 fully saturated rings. The first-order valence-electron chi connectivity index (χ1n) is 6.46. The van der Waals surface area contributed by atoms with Gasteiger partial charge in [0.2, 0.25) is 0 Å². The van der Waals surface area contributed by atoms with Crippen molar-refractivity contribution in [2.24, 2.45) is 0 Å². The van der Waals surface area contributed by atoms with Gasteiger partial charge in [0, 0.05) is 18.5 Å². The molecule has 0 aliphatic rings. The van der Waals surface area contributed by atoms with Gasteiger partial charge >= 0.3 is 0 Å². The Kier molecular flexibility index (Phi) is 4.14. The molecule has 0 atom stereocenters. The molecule has 0 aromatic heterocycles. The lowest BCUT2D eigenvalue weighted by atomic mass is 10.1. The summed E-state index contributed by atoms with van der Waals surface area (Å²) < 4.78 is 23.2. The topological polar surface area (TPSA) is 46.2 Å². The fourth-order valence-electron chi connectivity index (χ4n) is 2.04. The average Bonchev–Trinajstić information content (AvgIpc) is 2.36. The van der Waals surface area contributed by atoms with Crippen LogP contribution < -0.4 is 5.32 Å². The fraction of sp³-hybridized carbons (Fsp3) is 0.250. The van der Waals surface area contributed by atoms with Crippen LogP contribution in [0.2, 0.25) is 0 Å². The maximum absolute atomic E-state index is 11.6. The minimum Gasteiger partial charge on any atom is -0.381 e. The summed E-state index contributed by atoms with van der Waals surface area (Å²) in [7, 11) is -3.17. The van der Waals surface area contributed by atoms with Gasteiger partial charge in [-0.05, 0) is 37.1 Å². The molecule has 2 aromatic rings. The number of anilines is 1. The molecule has 20 heavy (non-hydrogen) atoms. The van der Waals surface area contributed by atoms with Crippen molar-refractivity contribution < 1.29 is 8.42 Å². The van der Waals surface area contributed by atoms with E-state index in [1.807, 2.05) is 19.1 Å². The molecule has 0 unspecified atom stereocenters. The Bertz CT molecular complexity index is 721. The number of rotatable bonds is 4. The smallest absolute Gasteiger partial charge is 0.175 e. The molecule has 1 N–H and O–H groups in total. The molecule has 0 radical (unpaired) electrons. The number of benzene rings is 2. The van der Waals surface area contributed by atoms with Gasteiger partial charge in [0.15, 0.2) is 9.84 Å². The van der Waals surface area contributed by atoms with Crippen molar-refractivity contribution in [1.29, 1.82) is 0 Å². The Hall–Kier alpha value is -1.81. The van der Waals surface area contributed by atoms with E-state index in [2.05, 4.69) is 30.4 Å². The van der Waals surface area contributed by atoms with Gasteiger partial charge in [-0.15, -0.1) is 0 Å². The normalized spacial score (nSPS) is 11.3. The van der Waals surface area contributed by atoms with Crippen LogP contribution in [0.4, 0.5) is 5.69 Å². The predicted molar refractivity (Wildman–Crippen MR) is 82.8 cm³/mol. The first kappa shape index (κ1) is 14.6. The second-order valence-corrected chi connectivity index (χ2v) is 7.11. The van der Waals surface area contributed by atoms with E-state index in [9.17, 15) is 8.42 Å². The third kappa shape index (κ3) is 3.61. The number of aryl methyl sites for hydroxylation is 2. The molecule has 0 aliphatic heterocycles. The van der Waals surface area contributed by atoms with Gasteiger partial charge < -0.3 is 5.32 Å². The molecule has 0 aliphatic carbocycles. The molecule has 0 saturated heterocycles. The van der Waals surface area contributed by atoms with Crippen LogP contribution in [-0.4, -0.2) is 14.7 Å². The van der Waals surface area contributed by atoms with Gasteiger partial charge in [-0.25, -0.2) is 8.42 Å². The quantitative estimate of drug-likeness (QED) is 0.939. The molecule has 0 spiro atoms. The van der Waals surface area contributed by atoms with Crippen molar-refractivity contribution in [2.75, 3.05) is 11.6 Å². The molecule has 0 saturated carbocycles. The van der Waals surface area contributed by atoms with Crippen LogP contribution in [0.3, 0.4) is 0 Å². The molecule has 4 heteroatoms. The van der Waals surface area contributed by atoms with Gasteiger partial charge in [0.25, 0.3) is 0 Å². The fourth-order valence-corrected chi connectivity index (χ4v) is 2.69. The van der Waals surface area contributed by atoms with Crippen LogP contribution in [0, 0.1) is 13.8 Å². The monoisotopic (exact) mass is 289 g/mol. The first-order valence-corrected chi connectivity index (χ1v) is 8.35. The van der Waals surface area contributed by atoms with Gasteiger partial charge in [-0.2, -0.15) is 0 Å². The van der Waals surface area contributed by atoms with E-state index in [1.54, 1.807) is 12.1 Å². The summed E-state index contributed by atoms with van der Waals surface area (Å²) in [5, 5.41) is 3.30. The molecule has 0 heterocycles. The lowest BCUT2D eigenvalue weighted by molar-refractivity contribution is 0.602. The highest BCUT2D eigenvalue weighted by molar-refractivity contribution is 7.90. The van der Waals surface area contributed by atoms with Crippen molar-refractivity contribution in [1.82, 2.24) is 0 Å². The Balaban J connectivity index is 2.21. The van der Waals surface area contributed by atoms with Crippen LogP contribution >= 0.6 is 0 Å². The highest BCUT2D eigenvalue weighted by Gasteiger charge is 2.09. The largest absolute Gasteiger partial charge is 0.381 e. The van der Waals surface area contributed by atoms with E-state index in [0.29, 0.717) is 11.4 Å². The molecule has 0 amide bonds. The van der Waals surface area contributed by atoms with Crippen LogP contribution in [0.15, 0.2) is 47.4 Å². The third-order valence-corrected chi connectivity index (χ3v) is 4.31. The summed E-state index contributed by atoms with van der Waals surface area (Å²) in [5.41, 5.74) is 4.28. The molecular formula is C16H19NO2S. The minimum absolute atomic E-state index is 0.342. The summed E-state index contributed by atoms with van der Waals surface area (Å²) in [4.78, 5) is 0.342. The molecule has 2 aromatic carbocycles. The maximum atomic E-state index is 11.6. The van der Waals surface area contributed by atoms with Crippen LogP contribution in [0.5, 0.6) is 0 Å². The number of hydrogen-bond donors (Lipinski definition) is 1. The highest BCUT2D eigenvalue weighted by Crippen LogP contribution is 2.21. The molecule has 106 valence electrons. The number of sulfone groups is 1. The summed E-state index contributed by atoms with van der Waals surface area (Å²) in [5.74, 6) is 0. The van der Waals surface area contributed by atoms with E-state index >= 15 is 0 Å². The second-order valence-electron chi connectivity index (χ2n) is 5.09. The third-order valence-electron chi connectivity index (χ3n) is 3.20. The Labute approximate surface area is 120 Å².